The smallest absolute Gasteiger partial charge is 0.244 e. The molecule has 5 nitrogen and oxygen atoms in total. The summed E-state index contributed by atoms with van der Waals surface area (Å²) in [6.45, 7) is 0.453. The third-order valence-corrected chi connectivity index (χ3v) is 4.45. The lowest BCUT2D eigenvalue weighted by Crippen LogP contribution is -2.20. The van der Waals surface area contributed by atoms with E-state index in [1.54, 1.807) is 19.4 Å². The second-order valence-corrected chi connectivity index (χ2v) is 6.38. The van der Waals surface area contributed by atoms with Crippen molar-refractivity contribution in [2.24, 2.45) is 0 Å². The molecule has 28 heavy (non-hydrogen) atoms. The minimum Gasteiger partial charge on any atom is -0.497 e. The third-order valence-electron chi connectivity index (χ3n) is 4.45. The van der Waals surface area contributed by atoms with E-state index in [9.17, 15) is 4.79 Å². The number of hydrogen-bond donors (Lipinski definition) is 1. The fourth-order valence-electron chi connectivity index (χ4n) is 2.97. The van der Waals surface area contributed by atoms with E-state index in [4.69, 9.17) is 4.74 Å². The van der Waals surface area contributed by atoms with E-state index in [2.05, 4.69) is 21.4 Å². The van der Waals surface area contributed by atoms with Crippen molar-refractivity contribution >= 4 is 33.8 Å². The van der Waals surface area contributed by atoms with E-state index in [1.807, 2.05) is 54.6 Å². The zero-order valence-electron chi connectivity index (χ0n) is 15.4. The van der Waals surface area contributed by atoms with Gasteiger partial charge in [-0.05, 0) is 52.7 Å². The normalized spacial score (nSPS) is 11.2. The Morgan fingerprint density at radius 1 is 1.04 bits per heavy atom. The van der Waals surface area contributed by atoms with Crippen molar-refractivity contribution in [3.05, 3.63) is 84.2 Å². The highest BCUT2D eigenvalue weighted by molar-refractivity contribution is 5.91. The van der Waals surface area contributed by atoms with Crippen LogP contribution in [-0.2, 0) is 11.3 Å². The lowest BCUT2D eigenvalue weighted by molar-refractivity contribution is -0.116. The molecule has 3 aromatic carbocycles. The molecule has 0 atom stereocenters. The third kappa shape index (κ3) is 3.99. The van der Waals surface area contributed by atoms with Gasteiger partial charge in [-0.25, -0.2) is 4.98 Å². The summed E-state index contributed by atoms with van der Waals surface area (Å²) in [5, 5.41) is 5.10. The average Bonchev–Trinajstić information content (AvgIpc) is 2.75. The van der Waals surface area contributed by atoms with Crippen LogP contribution in [-0.4, -0.2) is 23.0 Å². The number of benzene rings is 3. The first-order valence-corrected chi connectivity index (χ1v) is 8.96. The number of aromatic nitrogens is 2. The number of carbonyl (C=O) groups is 1. The summed E-state index contributed by atoms with van der Waals surface area (Å²) in [6, 6.07) is 19.7. The summed E-state index contributed by atoms with van der Waals surface area (Å²) in [5.74, 6) is 0.653. The molecule has 0 aliphatic heterocycles. The predicted octanol–water partition coefficient (Wildman–Crippen LogP) is 4.12. The number of para-hydroxylation sites is 2. The highest BCUT2D eigenvalue weighted by Gasteiger charge is 2.02. The van der Waals surface area contributed by atoms with Gasteiger partial charge in [-0.2, -0.15) is 0 Å². The average molecular weight is 369 g/mol. The van der Waals surface area contributed by atoms with Gasteiger partial charge in [-0.3, -0.25) is 9.78 Å². The molecule has 0 aliphatic rings. The van der Waals surface area contributed by atoms with E-state index in [1.165, 1.54) is 6.08 Å². The molecule has 4 aromatic rings. The van der Waals surface area contributed by atoms with Crippen LogP contribution < -0.4 is 10.1 Å². The van der Waals surface area contributed by atoms with Crippen LogP contribution in [0.4, 0.5) is 0 Å². The Bertz CT molecular complexity index is 1180. The lowest BCUT2D eigenvalue weighted by Gasteiger charge is -2.06. The number of amides is 1. The van der Waals surface area contributed by atoms with Crippen LogP contribution in [0.15, 0.2) is 72.9 Å². The Labute approximate surface area is 162 Å². The zero-order valence-corrected chi connectivity index (χ0v) is 15.4. The van der Waals surface area contributed by atoms with Crippen molar-refractivity contribution in [2.45, 2.75) is 6.54 Å². The van der Waals surface area contributed by atoms with Gasteiger partial charge < -0.3 is 10.1 Å². The molecule has 0 saturated carbocycles. The maximum Gasteiger partial charge on any atom is 0.244 e. The molecule has 0 spiro atoms. The number of nitrogens with one attached hydrogen (secondary N) is 1. The van der Waals surface area contributed by atoms with E-state index >= 15 is 0 Å². The van der Waals surface area contributed by atoms with Crippen LogP contribution in [0.2, 0.25) is 0 Å². The largest absolute Gasteiger partial charge is 0.497 e. The first-order chi connectivity index (χ1) is 13.7. The molecule has 0 bridgehead atoms. The standard InChI is InChI=1S/C23H19N3O2/c1-28-20-10-8-17-12-16(6-7-18(17)13-20)14-25-23(27)11-9-19-15-24-21-4-2-3-5-22(21)26-19/h2-13,15H,14H2,1H3,(H,25,27)/b11-9+. The molecule has 5 heteroatoms. The fraction of sp³-hybridized carbons (Fsp3) is 0.0870. The first-order valence-electron chi connectivity index (χ1n) is 8.96. The van der Waals surface area contributed by atoms with Crippen molar-refractivity contribution in [1.82, 2.24) is 15.3 Å². The quantitative estimate of drug-likeness (QED) is 0.538. The Morgan fingerprint density at radius 2 is 1.82 bits per heavy atom. The minimum atomic E-state index is -0.176. The van der Waals surface area contributed by atoms with Gasteiger partial charge in [0, 0.05) is 12.6 Å². The second-order valence-electron chi connectivity index (χ2n) is 6.38. The number of hydrogen-bond acceptors (Lipinski definition) is 4. The molecule has 0 saturated heterocycles. The summed E-state index contributed by atoms with van der Waals surface area (Å²) in [7, 11) is 1.65. The lowest BCUT2D eigenvalue weighted by atomic mass is 10.1. The summed E-state index contributed by atoms with van der Waals surface area (Å²) in [4.78, 5) is 21.0. The van der Waals surface area contributed by atoms with Gasteiger partial charge in [-0.1, -0.05) is 30.3 Å². The highest BCUT2D eigenvalue weighted by atomic mass is 16.5. The molecule has 4 rings (SSSR count). The van der Waals surface area contributed by atoms with E-state index in [-0.39, 0.29) is 5.91 Å². The molecular formula is C23H19N3O2. The van der Waals surface area contributed by atoms with Crippen LogP contribution in [0.3, 0.4) is 0 Å². The maximum atomic E-state index is 12.1. The summed E-state index contributed by atoms with van der Waals surface area (Å²) in [5.41, 5.74) is 3.31. The summed E-state index contributed by atoms with van der Waals surface area (Å²) < 4.78 is 5.24. The van der Waals surface area contributed by atoms with Crippen molar-refractivity contribution in [3.63, 3.8) is 0 Å². The number of fused-ring (bicyclic) bond motifs is 2. The van der Waals surface area contributed by atoms with Crippen LogP contribution in [0.25, 0.3) is 27.9 Å². The van der Waals surface area contributed by atoms with Gasteiger partial charge >= 0.3 is 0 Å². The molecule has 0 unspecified atom stereocenters. The molecular weight excluding hydrogens is 350 g/mol. The van der Waals surface area contributed by atoms with Gasteiger partial charge in [0.2, 0.25) is 5.91 Å². The maximum absolute atomic E-state index is 12.1. The molecule has 138 valence electrons. The van der Waals surface area contributed by atoms with Gasteiger partial charge in [0.05, 0.1) is 30.0 Å². The predicted molar refractivity (Wildman–Crippen MR) is 111 cm³/mol. The number of carbonyl (C=O) groups excluding carboxylic acids is 1. The molecule has 1 N–H and O–H groups in total. The second kappa shape index (κ2) is 7.88. The molecule has 0 aliphatic carbocycles. The SMILES string of the molecule is COc1ccc2cc(CNC(=O)/C=C/c3cnc4ccccc4n3)ccc2c1. The van der Waals surface area contributed by atoms with Gasteiger partial charge in [0.25, 0.3) is 0 Å². The van der Waals surface area contributed by atoms with Crippen molar-refractivity contribution < 1.29 is 9.53 Å². The van der Waals surface area contributed by atoms with Gasteiger partial charge in [0.1, 0.15) is 5.75 Å². The Hall–Kier alpha value is -3.73. The monoisotopic (exact) mass is 369 g/mol. The minimum absolute atomic E-state index is 0.176. The summed E-state index contributed by atoms with van der Waals surface area (Å²) in [6.07, 6.45) is 4.80. The zero-order chi connectivity index (χ0) is 19.3. The molecule has 1 amide bonds. The Balaban J connectivity index is 1.40. The number of rotatable bonds is 5. The van der Waals surface area contributed by atoms with E-state index < -0.39 is 0 Å². The summed E-state index contributed by atoms with van der Waals surface area (Å²) >= 11 is 0. The Kier molecular flexibility index (Phi) is 4.97. The van der Waals surface area contributed by atoms with Gasteiger partial charge in [-0.15, -0.1) is 0 Å². The van der Waals surface area contributed by atoms with Crippen molar-refractivity contribution in [3.8, 4) is 5.75 Å². The van der Waals surface area contributed by atoms with Crippen LogP contribution in [0.1, 0.15) is 11.3 Å². The molecule has 1 heterocycles. The van der Waals surface area contributed by atoms with Crippen LogP contribution >= 0.6 is 0 Å². The number of ether oxygens (including phenoxy) is 1. The van der Waals surface area contributed by atoms with Crippen LogP contribution in [0, 0.1) is 0 Å². The van der Waals surface area contributed by atoms with E-state index in [0.717, 1.165) is 33.1 Å². The van der Waals surface area contributed by atoms with Crippen molar-refractivity contribution in [2.75, 3.05) is 7.11 Å². The number of methoxy groups -OCH3 is 1. The van der Waals surface area contributed by atoms with Crippen molar-refractivity contribution in [1.29, 1.82) is 0 Å². The molecule has 0 fully saturated rings. The Morgan fingerprint density at radius 3 is 2.68 bits per heavy atom. The molecule has 0 radical (unpaired) electrons. The topological polar surface area (TPSA) is 64.1 Å². The highest BCUT2D eigenvalue weighted by Crippen LogP contribution is 2.21. The van der Waals surface area contributed by atoms with E-state index in [0.29, 0.717) is 12.2 Å². The first kappa shape index (κ1) is 17.7. The van der Waals surface area contributed by atoms with Crippen LogP contribution in [0.5, 0.6) is 5.75 Å². The number of nitrogens with zero attached hydrogens (tertiary/aromatic N) is 2. The fourth-order valence-corrected chi connectivity index (χ4v) is 2.97. The molecule has 1 aromatic heterocycles. The van der Waals surface area contributed by atoms with Gasteiger partial charge in [0.15, 0.2) is 0 Å².